The van der Waals surface area contributed by atoms with Crippen molar-refractivity contribution >= 4 is 61.0 Å². The van der Waals surface area contributed by atoms with Crippen LogP contribution in [0.15, 0.2) is 204 Å². The van der Waals surface area contributed by atoms with E-state index in [1.54, 1.807) is 0 Å². The molecule has 0 saturated carbocycles. The molecule has 0 spiro atoms. The predicted octanol–water partition coefficient (Wildman–Crippen LogP) is 16.1. The van der Waals surface area contributed by atoms with Crippen molar-refractivity contribution in [3.8, 4) is 39.5 Å². The minimum absolute atomic E-state index is 0.0933. The van der Waals surface area contributed by atoms with E-state index >= 15 is 0 Å². The monoisotopic (exact) mass is 852 g/mol. The third kappa shape index (κ3) is 5.40. The van der Waals surface area contributed by atoms with Crippen LogP contribution in [-0.2, 0) is 5.41 Å². The van der Waals surface area contributed by atoms with Crippen molar-refractivity contribution in [1.29, 1.82) is 0 Å². The molecule has 0 radical (unpaired) electrons. The highest BCUT2D eigenvalue weighted by atomic mass is 16.5. The topological polar surface area (TPSA) is 38.1 Å². The molecule has 2 atom stereocenters. The molecule has 2 unspecified atom stereocenters. The molecule has 1 aromatic heterocycles. The van der Waals surface area contributed by atoms with E-state index in [4.69, 9.17) is 13.9 Å². The average Bonchev–Trinajstić information content (AvgIpc) is 3.85. The molecule has 14 rings (SSSR count). The van der Waals surface area contributed by atoms with Crippen LogP contribution < -0.4 is 19.3 Å². The first-order chi connectivity index (χ1) is 32.5. The number of rotatable bonds is 6. The van der Waals surface area contributed by atoms with Gasteiger partial charge in [-0.1, -0.05) is 129 Å². The number of para-hydroxylation sites is 3. The number of ether oxygens (including phenoxy) is 2. The van der Waals surface area contributed by atoms with Crippen LogP contribution in [0.3, 0.4) is 0 Å². The van der Waals surface area contributed by atoms with E-state index in [1.165, 1.54) is 39.1 Å². The summed E-state index contributed by atoms with van der Waals surface area (Å²) in [5.74, 6) is 2.57. The molecule has 66 heavy (non-hydrogen) atoms. The Hall–Kier alpha value is -8.02. The smallest absolute Gasteiger partial charge is 0.159 e. The summed E-state index contributed by atoms with van der Waals surface area (Å²) in [6, 6.07) is 56.9. The van der Waals surface area contributed by atoms with Crippen molar-refractivity contribution in [3.63, 3.8) is 0 Å². The number of fused-ring (bicyclic) bond motifs is 10. The molecule has 8 aromatic carbocycles. The Morgan fingerprint density at radius 3 is 2.23 bits per heavy atom. The van der Waals surface area contributed by atoms with Crippen LogP contribution in [0.5, 0.6) is 17.2 Å². The summed E-state index contributed by atoms with van der Waals surface area (Å²) in [7, 11) is 0. The zero-order valence-corrected chi connectivity index (χ0v) is 36.7. The number of furan rings is 1. The van der Waals surface area contributed by atoms with Gasteiger partial charge < -0.3 is 23.7 Å². The first-order valence-corrected chi connectivity index (χ1v) is 23.1. The van der Waals surface area contributed by atoms with Gasteiger partial charge in [0.2, 0.25) is 0 Å². The maximum atomic E-state index is 7.08. The first-order valence-electron chi connectivity index (χ1n) is 23.1. The minimum Gasteiger partial charge on any atom is -0.485 e. The lowest BCUT2D eigenvalue weighted by Crippen LogP contribution is -2.30. The Balaban J connectivity index is 0.847. The van der Waals surface area contributed by atoms with Gasteiger partial charge in [-0.25, -0.2) is 0 Å². The second kappa shape index (κ2) is 14.0. The Bertz CT molecular complexity index is 3660. The molecule has 0 N–H and O–H groups in total. The number of hydrogen-bond donors (Lipinski definition) is 0. The van der Waals surface area contributed by atoms with Crippen molar-refractivity contribution < 1.29 is 13.9 Å². The summed E-state index contributed by atoms with van der Waals surface area (Å²) in [6.45, 7) is 4.70. The van der Waals surface area contributed by atoms with Gasteiger partial charge >= 0.3 is 0 Å². The van der Waals surface area contributed by atoms with E-state index in [-0.39, 0.29) is 17.6 Å². The molecular weight excluding hydrogens is 809 g/mol. The molecule has 3 aliphatic carbocycles. The standard InChI is InChI=1S/C61H44N2O3/c1-61(2)50-21-11-9-18-42(50)43-27-24-39(34-51(43)61)62(37-14-5-3-6-15-37)40-25-28-45-47-30-33-55-59-48(31-32-54(58(47)59)64-56(45)35-40)46-29-26-41(36-57(46)65-55)63(38-16-7-4-8-17-38)52-22-13-20-49-44-19-10-12-23-53(44)66-60(49)52/h3-16,18-34,36,38,56H,17,35H2,1-2H3. The summed E-state index contributed by atoms with van der Waals surface area (Å²) < 4.78 is 20.6. The summed E-state index contributed by atoms with van der Waals surface area (Å²) in [4.78, 5) is 4.82. The fourth-order valence-corrected chi connectivity index (χ4v) is 11.6. The lowest BCUT2D eigenvalue weighted by molar-refractivity contribution is 0.255. The summed E-state index contributed by atoms with van der Waals surface area (Å²) >= 11 is 0. The van der Waals surface area contributed by atoms with Gasteiger partial charge in [-0.3, -0.25) is 0 Å². The van der Waals surface area contributed by atoms with Gasteiger partial charge in [-0.2, -0.15) is 0 Å². The zero-order valence-electron chi connectivity index (χ0n) is 36.7. The highest BCUT2D eigenvalue weighted by Crippen LogP contribution is 2.56. The van der Waals surface area contributed by atoms with E-state index in [1.807, 2.05) is 12.1 Å². The van der Waals surface area contributed by atoms with Crippen LogP contribution in [0.25, 0.3) is 60.5 Å². The lowest BCUT2D eigenvalue weighted by atomic mass is 9.82. The third-order valence-electron chi connectivity index (χ3n) is 14.7. The quantitative estimate of drug-likeness (QED) is 0.167. The number of nitrogens with zero attached hydrogens (tertiary/aromatic N) is 2. The molecule has 5 nitrogen and oxygen atoms in total. The fourth-order valence-electron chi connectivity index (χ4n) is 11.6. The molecule has 2 aliphatic heterocycles. The highest BCUT2D eigenvalue weighted by Gasteiger charge is 2.38. The van der Waals surface area contributed by atoms with Crippen LogP contribution in [-0.4, -0.2) is 12.1 Å². The van der Waals surface area contributed by atoms with E-state index in [9.17, 15) is 0 Å². The van der Waals surface area contributed by atoms with Crippen LogP contribution in [0.4, 0.5) is 22.7 Å². The van der Waals surface area contributed by atoms with Gasteiger partial charge in [0.05, 0.1) is 11.7 Å². The maximum absolute atomic E-state index is 7.08. The number of anilines is 4. The second-order valence-corrected chi connectivity index (χ2v) is 18.7. The van der Waals surface area contributed by atoms with Crippen LogP contribution in [0.1, 0.15) is 43.4 Å². The van der Waals surface area contributed by atoms with Gasteiger partial charge in [0.15, 0.2) is 5.58 Å². The summed E-state index contributed by atoms with van der Waals surface area (Å²) in [6.07, 6.45) is 14.8. The molecule has 0 bridgehead atoms. The Morgan fingerprint density at radius 2 is 1.32 bits per heavy atom. The molecule has 9 aromatic rings. The van der Waals surface area contributed by atoms with E-state index in [0.29, 0.717) is 0 Å². The predicted molar refractivity (Wildman–Crippen MR) is 270 cm³/mol. The molecule has 5 heteroatoms. The summed E-state index contributed by atoms with van der Waals surface area (Å²) in [5.41, 5.74) is 17.2. The zero-order chi connectivity index (χ0) is 43.7. The van der Waals surface area contributed by atoms with Gasteiger partial charge in [0.25, 0.3) is 0 Å². The van der Waals surface area contributed by atoms with E-state index in [0.717, 1.165) is 96.7 Å². The van der Waals surface area contributed by atoms with Crippen LogP contribution in [0.2, 0.25) is 0 Å². The molecule has 0 fully saturated rings. The second-order valence-electron chi connectivity index (χ2n) is 18.7. The molecule has 3 heterocycles. The lowest BCUT2D eigenvalue weighted by Gasteiger charge is -2.37. The van der Waals surface area contributed by atoms with Crippen LogP contribution >= 0.6 is 0 Å². The third-order valence-corrected chi connectivity index (χ3v) is 14.7. The van der Waals surface area contributed by atoms with Crippen molar-refractivity contribution in [2.75, 3.05) is 9.80 Å². The van der Waals surface area contributed by atoms with Crippen LogP contribution in [0, 0.1) is 0 Å². The SMILES string of the molecule is CC1(C)c2ccccc2-c2ccc(N(C3=CC=C4c5ccc6c7c(ccc(c57)OC4C3)-c3ccc(N(c4cccc5c4oc4ccccc45)C4C=CC=CC4)cc3O6)c3ccccc3)cc21. The van der Waals surface area contributed by atoms with Gasteiger partial charge in [-0.05, 0) is 113 Å². The fraction of sp³-hybridized carbons (Fsp3) is 0.115. The summed E-state index contributed by atoms with van der Waals surface area (Å²) in [5, 5.41) is 4.43. The van der Waals surface area contributed by atoms with Crippen molar-refractivity contribution in [2.45, 2.75) is 44.2 Å². The van der Waals surface area contributed by atoms with Gasteiger partial charge in [0.1, 0.15) is 28.9 Å². The van der Waals surface area contributed by atoms with Gasteiger partial charge in [0, 0.05) is 73.3 Å². The normalized spacial score (nSPS) is 17.8. The first kappa shape index (κ1) is 37.4. The van der Waals surface area contributed by atoms with Crippen molar-refractivity contribution in [2.24, 2.45) is 0 Å². The Morgan fingerprint density at radius 1 is 0.561 bits per heavy atom. The van der Waals surface area contributed by atoms with Crippen molar-refractivity contribution in [3.05, 3.63) is 217 Å². The Labute approximate surface area is 383 Å². The highest BCUT2D eigenvalue weighted by molar-refractivity contribution is 6.13. The maximum Gasteiger partial charge on any atom is 0.159 e. The molecule has 0 saturated heterocycles. The number of benzene rings is 8. The van der Waals surface area contributed by atoms with E-state index in [2.05, 4.69) is 206 Å². The average molecular weight is 853 g/mol. The Kier molecular flexibility index (Phi) is 7.92. The molecule has 5 aliphatic rings. The molecule has 316 valence electrons. The molecule has 0 amide bonds. The minimum atomic E-state index is -0.150. The molecular formula is C61H44N2O3. The number of hydrogen-bond acceptors (Lipinski definition) is 5. The van der Waals surface area contributed by atoms with Gasteiger partial charge in [-0.15, -0.1) is 0 Å². The van der Waals surface area contributed by atoms with E-state index < -0.39 is 0 Å². The van der Waals surface area contributed by atoms with Crippen molar-refractivity contribution in [1.82, 2.24) is 0 Å². The number of allylic oxidation sites excluding steroid dienone is 4. The largest absolute Gasteiger partial charge is 0.485 e.